The van der Waals surface area contributed by atoms with Gasteiger partial charge in [0.15, 0.2) is 0 Å². The summed E-state index contributed by atoms with van der Waals surface area (Å²) in [4.78, 5) is 11.7. The van der Waals surface area contributed by atoms with Gasteiger partial charge in [-0.3, -0.25) is 4.79 Å². The second kappa shape index (κ2) is 8.10. The third-order valence-corrected chi connectivity index (χ3v) is 3.27. The van der Waals surface area contributed by atoms with Gasteiger partial charge in [0.25, 0.3) is 0 Å². The smallest absolute Gasteiger partial charge is 0.314 e. The van der Waals surface area contributed by atoms with Crippen LogP contribution in [-0.2, 0) is 4.79 Å². The van der Waals surface area contributed by atoms with E-state index in [0.717, 1.165) is 19.3 Å². The Kier molecular flexibility index (Phi) is 6.77. The molecule has 2 nitrogen and oxygen atoms in total. The van der Waals surface area contributed by atoms with E-state index in [1.54, 1.807) is 0 Å². The van der Waals surface area contributed by atoms with Crippen molar-refractivity contribution in [3.05, 3.63) is 29.1 Å². The van der Waals surface area contributed by atoms with Crippen LogP contribution in [0.5, 0.6) is 5.75 Å². The molecule has 0 saturated heterocycles. The first-order valence-electron chi connectivity index (χ1n) is 7.04. The van der Waals surface area contributed by atoms with E-state index in [9.17, 15) is 26.7 Å². The Labute approximate surface area is 125 Å². The fourth-order valence-electron chi connectivity index (χ4n) is 1.87. The molecule has 0 radical (unpaired) electrons. The first-order valence-corrected chi connectivity index (χ1v) is 7.04. The van der Waals surface area contributed by atoms with Gasteiger partial charge in [0.05, 0.1) is 5.92 Å². The first kappa shape index (κ1) is 18.4. The number of carbonyl (C=O) groups is 1. The van der Waals surface area contributed by atoms with Crippen molar-refractivity contribution in [3.8, 4) is 5.75 Å². The van der Waals surface area contributed by atoms with Crippen LogP contribution < -0.4 is 4.74 Å². The Hall–Kier alpha value is -1.66. The maximum Gasteiger partial charge on any atom is 0.314 e. The van der Waals surface area contributed by atoms with E-state index in [1.165, 1.54) is 6.92 Å². The van der Waals surface area contributed by atoms with Crippen LogP contribution in [0.3, 0.4) is 0 Å². The highest BCUT2D eigenvalue weighted by Gasteiger charge is 2.29. The standard InChI is InChI=1S/C15H17F5O2/c1-3-4-5-6-7-8(2)15(21)22-14-12(19)10(17)9(16)11(18)13(14)20/h8H,3-7H2,1-2H3. The number of rotatable bonds is 7. The Morgan fingerprint density at radius 2 is 1.41 bits per heavy atom. The van der Waals surface area contributed by atoms with Gasteiger partial charge in [-0.15, -0.1) is 0 Å². The quantitative estimate of drug-likeness (QED) is 0.178. The van der Waals surface area contributed by atoms with Crippen LogP contribution in [0, 0.1) is 35.0 Å². The minimum Gasteiger partial charge on any atom is -0.420 e. The number of halogens is 5. The predicted molar refractivity (Wildman–Crippen MR) is 69.8 cm³/mol. The molecule has 0 aromatic heterocycles. The second-order valence-corrected chi connectivity index (χ2v) is 5.07. The molecule has 1 atom stereocenters. The summed E-state index contributed by atoms with van der Waals surface area (Å²) in [6.07, 6.45) is 3.99. The van der Waals surface area contributed by atoms with Crippen molar-refractivity contribution in [1.29, 1.82) is 0 Å². The fourth-order valence-corrected chi connectivity index (χ4v) is 1.87. The third-order valence-electron chi connectivity index (χ3n) is 3.27. The fraction of sp³-hybridized carbons (Fsp3) is 0.533. The molecule has 0 aliphatic heterocycles. The zero-order chi connectivity index (χ0) is 16.9. The van der Waals surface area contributed by atoms with Crippen molar-refractivity contribution < 1.29 is 31.5 Å². The lowest BCUT2D eigenvalue weighted by atomic mass is 10.0. The van der Waals surface area contributed by atoms with E-state index >= 15 is 0 Å². The molecule has 7 heteroatoms. The van der Waals surface area contributed by atoms with E-state index < -0.39 is 46.7 Å². The summed E-state index contributed by atoms with van der Waals surface area (Å²) in [7, 11) is 0. The van der Waals surface area contributed by atoms with Crippen LogP contribution in [0.15, 0.2) is 0 Å². The van der Waals surface area contributed by atoms with Gasteiger partial charge in [-0.2, -0.15) is 8.78 Å². The van der Waals surface area contributed by atoms with Crippen molar-refractivity contribution in [2.75, 3.05) is 0 Å². The molecule has 124 valence electrons. The van der Waals surface area contributed by atoms with Crippen LogP contribution in [0.4, 0.5) is 22.0 Å². The average Bonchev–Trinajstić information content (AvgIpc) is 2.51. The largest absolute Gasteiger partial charge is 0.420 e. The minimum absolute atomic E-state index is 0.411. The number of unbranched alkanes of at least 4 members (excludes halogenated alkanes) is 3. The van der Waals surface area contributed by atoms with E-state index in [-0.39, 0.29) is 0 Å². The molecule has 0 N–H and O–H groups in total. The molecule has 0 aliphatic carbocycles. The molecule has 0 fully saturated rings. The molecule has 0 spiro atoms. The molecule has 1 aromatic carbocycles. The van der Waals surface area contributed by atoms with Crippen molar-refractivity contribution in [1.82, 2.24) is 0 Å². The maximum atomic E-state index is 13.4. The van der Waals surface area contributed by atoms with Gasteiger partial charge in [0.1, 0.15) is 0 Å². The normalized spacial score (nSPS) is 12.3. The summed E-state index contributed by atoms with van der Waals surface area (Å²) in [5.74, 6) is -14.2. The maximum absolute atomic E-state index is 13.4. The van der Waals surface area contributed by atoms with E-state index in [2.05, 4.69) is 4.74 Å². The first-order chi connectivity index (χ1) is 10.3. The summed E-state index contributed by atoms with van der Waals surface area (Å²) >= 11 is 0. The van der Waals surface area contributed by atoms with Gasteiger partial charge < -0.3 is 4.74 Å². The molecule has 0 amide bonds. The molecule has 1 rings (SSSR count). The van der Waals surface area contributed by atoms with Gasteiger partial charge in [0.2, 0.25) is 34.8 Å². The zero-order valence-corrected chi connectivity index (χ0v) is 12.3. The minimum atomic E-state index is -2.29. The topological polar surface area (TPSA) is 26.3 Å². The van der Waals surface area contributed by atoms with Crippen molar-refractivity contribution in [2.24, 2.45) is 5.92 Å². The summed E-state index contributed by atoms with van der Waals surface area (Å²) < 4.78 is 70.0. The summed E-state index contributed by atoms with van der Waals surface area (Å²) in [6, 6.07) is 0. The van der Waals surface area contributed by atoms with Crippen molar-refractivity contribution in [2.45, 2.75) is 46.0 Å². The number of ether oxygens (including phenoxy) is 1. The Balaban J connectivity index is 2.80. The lowest BCUT2D eigenvalue weighted by Gasteiger charge is -2.13. The summed E-state index contributed by atoms with van der Waals surface area (Å²) in [5, 5.41) is 0. The highest BCUT2D eigenvalue weighted by molar-refractivity contribution is 5.74. The average molecular weight is 324 g/mol. The van der Waals surface area contributed by atoms with E-state index in [4.69, 9.17) is 0 Å². The van der Waals surface area contributed by atoms with Gasteiger partial charge in [-0.1, -0.05) is 39.5 Å². The van der Waals surface area contributed by atoms with Crippen molar-refractivity contribution >= 4 is 5.97 Å². The summed E-state index contributed by atoms with van der Waals surface area (Å²) in [5.41, 5.74) is 0. The second-order valence-electron chi connectivity index (χ2n) is 5.07. The van der Waals surface area contributed by atoms with Crippen LogP contribution in [-0.4, -0.2) is 5.97 Å². The van der Waals surface area contributed by atoms with Gasteiger partial charge in [0, 0.05) is 0 Å². The zero-order valence-electron chi connectivity index (χ0n) is 12.3. The summed E-state index contributed by atoms with van der Waals surface area (Å²) in [6.45, 7) is 3.49. The Bertz CT molecular complexity index is 516. The molecule has 22 heavy (non-hydrogen) atoms. The van der Waals surface area contributed by atoms with Gasteiger partial charge in [-0.05, 0) is 6.42 Å². The third kappa shape index (κ3) is 4.18. The van der Waals surface area contributed by atoms with Crippen LogP contribution in [0.25, 0.3) is 0 Å². The molecule has 0 bridgehead atoms. The molecule has 1 aromatic rings. The number of carbonyl (C=O) groups excluding carboxylic acids is 1. The number of benzene rings is 1. The predicted octanol–water partition coefficient (Wildman–Crippen LogP) is 4.89. The number of hydrogen-bond donors (Lipinski definition) is 0. The van der Waals surface area contributed by atoms with Gasteiger partial charge in [-0.25, -0.2) is 13.2 Å². The molecular weight excluding hydrogens is 307 g/mol. The van der Waals surface area contributed by atoms with Crippen LogP contribution in [0.1, 0.15) is 46.0 Å². The molecule has 0 heterocycles. The lowest BCUT2D eigenvalue weighted by Crippen LogP contribution is -2.20. The molecule has 1 unspecified atom stereocenters. The Morgan fingerprint density at radius 1 is 0.909 bits per heavy atom. The molecular formula is C15H17F5O2. The highest BCUT2D eigenvalue weighted by atomic mass is 19.2. The Morgan fingerprint density at radius 3 is 1.91 bits per heavy atom. The van der Waals surface area contributed by atoms with Crippen LogP contribution in [0.2, 0.25) is 0 Å². The SMILES string of the molecule is CCCCCCC(C)C(=O)Oc1c(F)c(F)c(F)c(F)c1F. The molecule has 0 saturated carbocycles. The molecule has 0 aliphatic rings. The lowest BCUT2D eigenvalue weighted by molar-refractivity contribution is -0.139. The highest BCUT2D eigenvalue weighted by Crippen LogP contribution is 2.30. The number of esters is 1. The number of hydrogen-bond acceptors (Lipinski definition) is 2. The van der Waals surface area contributed by atoms with Gasteiger partial charge >= 0.3 is 5.97 Å². The van der Waals surface area contributed by atoms with Crippen molar-refractivity contribution in [3.63, 3.8) is 0 Å². The monoisotopic (exact) mass is 324 g/mol. The van der Waals surface area contributed by atoms with Crippen LogP contribution >= 0.6 is 0 Å². The van der Waals surface area contributed by atoms with E-state index in [0.29, 0.717) is 12.8 Å². The van der Waals surface area contributed by atoms with E-state index in [1.807, 2.05) is 6.92 Å².